The number of unbranched alkanes of at least 4 members (excludes halogenated alkanes) is 26. The first-order valence-corrected chi connectivity index (χ1v) is 19.7. The number of hydrogen-bond acceptors (Lipinski definition) is 0. The Labute approximate surface area is 266 Å². The molecular formula is C40H79N2+. The van der Waals surface area contributed by atoms with Gasteiger partial charge in [-0.1, -0.05) is 188 Å². The van der Waals surface area contributed by atoms with Crippen molar-refractivity contribution in [3.8, 4) is 0 Å². The third-order valence-corrected chi connectivity index (χ3v) is 9.69. The third-order valence-electron chi connectivity index (χ3n) is 9.69. The SMILES string of the molecule is CCCCCCCCCCCCCCCCCCC[n+]1ccn(C(C)CCCCCCCCCCCCC)c1C(C)C. The normalized spacial score (nSPS) is 12.5. The summed E-state index contributed by atoms with van der Waals surface area (Å²) in [5.41, 5.74) is 0. The summed E-state index contributed by atoms with van der Waals surface area (Å²) in [5.74, 6) is 2.13. The molecule has 1 atom stereocenters. The molecule has 0 radical (unpaired) electrons. The molecule has 2 heteroatoms. The topological polar surface area (TPSA) is 8.81 Å². The summed E-state index contributed by atoms with van der Waals surface area (Å²) in [6.45, 7) is 13.0. The zero-order valence-electron chi connectivity index (χ0n) is 29.9. The van der Waals surface area contributed by atoms with E-state index in [2.05, 4.69) is 56.1 Å². The van der Waals surface area contributed by atoms with Crippen LogP contribution in [-0.2, 0) is 6.54 Å². The Morgan fingerprint density at radius 2 is 0.810 bits per heavy atom. The van der Waals surface area contributed by atoms with Crippen LogP contribution in [0.3, 0.4) is 0 Å². The average molecular weight is 588 g/mol. The summed E-state index contributed by atoms with van der Waals surface area (Å²) in [5, 5.41) is 0. The second kappa shape index (κ2) is 29.0. The van der Waals surface area contributed by atoms with Crippen molar-refractivity contribution in [2.75, 3.05) is 0 Å². The Kier molecular flexibility index (Phi) is 27.0. The Hall–Kier alpha value is -0.790. The smallest absolute Gasteiger partial charge is 0.234 e. The van der Waals surface area contributed by atoms with Crippen LogP contribution in [0, 0.1) is 0 Å². The number of nitrogens with zero attached hydrogens (tertiary/aromatic N) is 2. The Balaban J connectivity index is 2.07. The van der Waals surface area contributed by atoms with Gasteiger partial charge in [-0.05, 0) is 32.6 Å². The highest BCUT2D eigenvalue weighted by Crippen LogP contribution is 2.22. The maximum Gasteiger partial charge on any atom is 0.259 e. The lowest BCUT2D eigenvalue weighted by atomic mass is 10.0. The first-order valence-electron chi connectivity index (χ1n) is 19.7. The van der Waals surface area contributed by atoms with Crippen molar-refractivity contribution in [1.82, 2.24) is 4.57 Å². The van der Waals surface area contributed by atoms with Crippen LogP contribution in [0.4, 0.5) is 0 Å². The number of aromatic nitrogens is 2. The average Bonchev–Trinajstić information content (AvgIpc) is 3.42. The lowest BCUT2D eigenvalue weighted by Gasteiger charge is -2.14. The standard InChI is InChI=1S/C40H79N2/c1-6-8-10-12-14-16-18-19-20-21-22-23-25-27-29-31-33-35-41-36-37-42(40(41)38(3)4)39(5)34-32-30-28-26-24-17-15-13-11-9-7-2/h36-39H,6-35H2,1-5H3/q+1. The summed E-state index contributed by atoms with van der Waals surface area (Å²) in [6, 6.07) is 0.623. The molecule has 0 N–H and O–H groups in total. The Bertz CT molecular complexity index is 675. The number of rotatable bonds is 32. The fraction of sp³-hybridized carbons (Fsp3) is 0.925. The van der Waals surface area contributed by atoms with Crippen molar-refractivity contribution >= 4 is 0 Å². The van der Waals surface area contributed by atoms with Crippen LogP contribution in [0.2, 0.25) is 0 Å². The van der Waals surface area contributed by atoms with Gasteiger partial charge in [-0.3, -0.25) is 0 Å². The molecule has 2 nitrogen and oxygen atoms in total. The molecule has 1 aromatic heterocycles. The largest absolute Gasteiger partial charge is 0.259 e. The van der Waals surface area contributed by atoms with Crippen LogP contribution >= 0.6 is 0 Å². The van der Waals surface area contributed by atoms with Gasteiger partial charge >= 0.3 is 0 Å². The highest BCUT2D eigenvalue weighted by atomic mass is 15.2. The van der Waals surface area contributed by atoms with Crippen molar-refractivity contribution in [3.63, 3.8) is 0 Å². The molecule has 0 aliphatic rings. The van der Waals surface area contributed by atoms with Crippen molar-refractivity contribution < 1.29 is 4.57 Å². The van der Waals surface area contributed by atoms with E-state index in [-0.39, 0.29) is 0 Å². The lowest BCUT2D eigenvalue weighted by molar-refractivity contribution is -0.705. The van der Waals surface area contributed by atoms with Crippen LogP contribution in [0.25, 0.3) is 0 Å². The molecule has 0 saturated carbocycles. The summed E-state index contributed by atoms with van der Waals surface area (Å²) in [7, 11) is 0. The lowest BCUT2D eigenvalue weighted by Crippen LogP contribution is -2.38. The van der Waals surface area contributed by atoms with Crippen molar-refractivity contribution in [1.29, 1.82) is 0 Å². The van der Waals surface area contributed by atoms with E-state index in [1.165, 1.54) is 193 Å². The molecule has 1 aromatic rings. The van der Waals surface area contributed by atoms with E-state index in [1.807, 2.05) is 0 Å². The molecular weight excluding hydrogens is 508 g/mol. The minimum absolute atomic E-state index is 0.588. The molecule has 0 amide bonds. The molecule has 0 saturated heterocycles. The number of imidazole rings is 1. The van der Waals surface area contributed by atoms with Gasteiger partial charge in [-0.2, -0.15) is 0 Å². The second-order valence-electron chi connectivity index (χ2n) is 14.2. The van der Waals surface area contributed by atoms with Gasteiger partial charge in [0.15, 0.2) is 0 Å². The van der Waals surface area contributed by atoms with E-state index >= 15 is 0 Å². The first kappa shape index (κ1) is 39.2. The van der Waals surface area contributed by atoms with Crippen LogP contribution in [-0.4, -0.2) is 4.57 Å². The fourth-order valence-electron chi connectivity index (χ4n) is 6.90. The molecule has 1 rings (SSSR count). The van der Waals surface area contributed by atoms with Gasteiger partial charge in [0.25, 0.3) is 5.82 Å². The summed E-state index contributed by atoms with van der Waals surface area (Å²) >= 11 is 0. The highest BCUT2D eigenvalue weighted by molar-refractivity contribution is 4.92. The van der Waals surface area contributed by atoms with E-state index in [9.17, 15) is 0 Å². The van der Waals surface area contributed by atoms with E-state index in [4.69, 9.17) is 0 Å². The molecule has 1 heterocycles. The Morgan fingerprint density at radius 3 is 1.17 bits per heavy atom. The maximum atomic E-state index is 2.61. The van der Waals surface area contributed by atoms with E-state index in [1.54, 1.807) is 5.82 Å². The zero-order valence-corrected chi connectivity index (χ0v) is 29.9. The van der Waals surface area contributed by atoms with E-state index in [0.29, 0.717) is 12.0 Å². The molecule has 0 aromatic carbocycles. The Morgan fingerprint density at radius 1 is 0.476 bits per heavy atom. The van der Waals surface area contributed by atoms with E-state index in [0.717, 1.165) is 0 Å². The maximum absolute atomic E-state index is 2.61. The molecule has 0 spiro atoms. The van der Waals surface area contributed by atoms with Gasteiger partial charge in [0.2, 0.25) is 0 Å². The quantitative estimate of drug-likeness (QED) is 0.0585. The van der Waals surface area contributed by atoms with Gasteiger partial charge in [-0.15, -0.1) is 0 Å². The summed E-state index contributed by atoms with van der Waals surface area (Å²) < 4.78 is 5.18. The monoisotopic (exact) mass is 588 g/mol. The van der Waals surface area contributed by atoms with Crippen molar-refractivity contribution in [2.45, 2.75) is 239 Å². The second-order valence-corrected chi connectivity index (χ2v) is 14.2. The van der Waals surface area contributed by atoms with Crippen LogP contribution in [0.5, 0.6) is 0 Å². The fourth-order valence-corrected chi connectivity index (χ4v) is 6.90. The predicted molar refractivity (Wildman–Crippen MR) is 189 cm³/mol. The highest BCUT2D eigenvalue weighted by Gasteiger charge is 2.23. The van der Waals surface area contributed by atoms with Crippen molar-refractivity contribution in [2.24, 2.45) is 0 Å². The number of hydrogen-bond donors (Lipinski definition) is 0. The number of aryl methyl sites for hydroxylation is 1. The van der Waals surface area contributed by atoms with Gasteiger partial charge in [0.1, 0.15) is 12.4 Å². The summed E-state index contributed by atoms with van der Waals surface area (Å²) in [4.78, 5) is 0. The molecule has 42 heavy (non-hydrogen) atoms. The minimum atomic E-state index is 0.588. The zero-order chi connectivity index (χ0) is 30.5. The van der Waals surface area contributed by atoms with Crippen LogP contribution in [0.15, 0.2) is 12.4 Å². The van der Waals surface area contributed by atoms with Gasteiger partial charge < -0.3 is 0 Å². The molecule has 0 aliphatic heterocycles. The summed E-state index contributed by atoms with van der Waals surface area (Å²) in [6.07, 6.45) is 46.4. The predicted octanol–water partition coefficient (Wildman–Crippen LogP) is 13.8. The molecule has 0 aliphatic carbocycles. The van der Waals surface area contributed by atoms with E-state index < -0.39 is 0 Å². The van der Waals surface area contributed by atoms with Gasteiger partial charge in [0.05, 0.1) is 18.5 Å². The van der Waals surface area contributed by atoms with Crippen LogP contribution < -0.4 is 4.57 Å². The first-order chi connectivity index (χ1) is 20.6. The molecule has 0 fully saturated rings. The van der Waals surface area contributed by atoms with Gasteiger partial charge in [0, 0.05) is 0 Å². The molecule has 1 unspecified atom stereocenters. The minimum Gasteiger partial charge on any atom is -0.234 e. The van der Waals surface area contributed by atoms with Gasteiger partial charge in [-0.25, -0.2) is 9.13 Å². The molecule has 0 bridgehead atoms. The van der Waals surface area contributed by atoms with Crippen LogP contribution in [0.1, 0.15) is 239 Å². The third kappa shape index (κ3) is 21.0. The molecule has 248 valence electrons. The van der Waals surface area contributed by atoms with Crippen molar-refractivity contribution in [3.05, 3.63) is 18.2 Å².